The normalized spacial score (nSPS) is 15.2. The smallest absolute Gasteiger partial charge is 0.285 e. The van der Waals surface area contributed by atoms with Crippen molar-refractivity contribution in [3.8, 4) is 16.9 Å². The Morgan fingerprint density at radius 3 is 2.67 bits per heavy atom. The van der Waals surface area contributed by atoms with Crippen LogP contribution in [0.5, 0.6) is 5.75 Å². The fourth-order valence-corrected chi connectivity index (χ4v) is 4.37. The first-order chi connectivity index (χ1) is 14.6. The van der Waals surface area contributed by atoms with Crippen LogP contribution < -0.4 is 10.1 Å². The monoisotopic (exact) mass is 418 g/mol. The number of amides is 1. The molecule has 30 heavy (non-hydrogen) atoms. The third kappa shape index (κ3) is 4.69. The molecule has 1 heterocycles. The maximum absolute atomic E-state index is 12.0. The fourth-order valence-electron chi connectivity index (χ4n) is 3.63. The molecule has 0 saturated carbocycles. The minimum atomic E-state index is 0.0342. The van der Waals surface area contributed by atoms with Gasteiger partial charge in [0.2, 0.25) is 0 Å². The number of hydrogen-bond donors (Lipinski definition) is 1. The summed E-state index contributed by atoms with van der Waals surface area (Å²) in [6, 6.07) is 25.2. The van der Waals surface area contributed by atoms with Gasteiger partial charge in [0.1, 0.15) is 5.75 Å². The Morgan fingerprint density at radius 2 is 1.87 bits per heavy atom. The van der Waals surface area contributed by atoms with Crippen molar-refractivity contribution in [2.24, 2.45) is 0 Å². The summed E-state index contributed by atoms with van der Waals surface area (Å²) in [5.74, 6) is 0.980. The number of ether oxygens (including phenoxy) is 1. The Bertz CT molecular complexity index is 1020. The molecule has 3 aromatic rings. The number of rotatable bonds is 5. The first-order valence-electron chi connectivity index (χ1n) is 10.1. The number of carbonyl (C=O) groups excluding carboxylic acids is 1. The third-order valence-electron chi connectivity index (χ3n) is 5.18. The molecule has 0 fully saturated rings. The number of thioether (sulfide) groups is 1. The molecule has 1 N–H and O–H groups in total. The lowest BCUT2D eigenvalue weighted by molar-refractivity contribution is 0.241. The maximum atomic E-state index is 12.0. The van der Waals surface area contributed by atoms with Gasteiger partial charge in [-0.05, 0) is 35.0 Å². The Morgan fingerprint density at radius 1 is 1.07 bits per heavy atom. The number of hydrogen-bond acceptors (Lipinski definition) is 4. The molecule has 1 atom stereocenters. The van der Waals surface area contributed by atoms with Gasteiger partial charge in [0, 0.05) is 49.1 Å². The highest BCUT2D eigenvalue weighted by atomic mass is 32.2. The SMILES string of the molecule is CN(C)C(=O)Sc1cccc(CNC2CCOc3c(-c4ccccc4)cccc32)c1. The summed E-state index contributed by atoms with van der Waals surface area (Å²) < 4.78 is 6.09. The van der Waals surface area contributed by atoms with Crippen LogP contribution in [0.25, 0.3) is 11.1 Å². The van der Waals surface area contributed by atoms with Gasteiger partial charge in [0.05, 0.1) is 6.61 Å². The first-order valence-corrected chi connectivity index (χ1v) is 11.0. The van der Waals surface area contributed by atoms with Crippen molar-refractivity contribution in [2.75, 3.05) is 20.7 Å². The van der Waals surface area contributed by atoms with E-state index in [-0.39, 0.29) is 11.3 Å². The van der Waals surface area contributed by atoms with Gasteiger partial charge in [-0.2, -0.15) is 0 Å². The predicted octanol–water partition coefficient (Wildman–Crippen LogP) is 5.74. The number of benzene rings is 3. The van der Waals surface area contributed by atoms with Crippen molar-refractivity contribution in [1.82, 2.24) is 10.2 Å². The molecule has 0 aromatic heterocycles. The molecule has 0 aliphatic carbocycles. The lowest BCUT2D eigenvalue weighted by atomic mass is 9.94. The van der Waals surface area contributed by atoms with Crippen LogP contribution in [0, 0.1) is 0 Å². The second kappa shape index (κ2) is 9.37. The Kier molecular flexibility index (Phi) is 6.41. The average molecular weight is 419 g/mol. The number of para-hydroxylation sites is 1. The van der Waals surface area contributed by atoms with E-state index in [1.165, 1.54) is 28.5 Å². The second-order valence-corrected chi connectivity index (χ2v) is 8.60. The Hall–Kier alpha value is -2.76. The molecule has 0 bridgehead atoms. The summed E-state index contributed by atoms with van der Waals surface area (Å²) in [5.41, 5.74) is 4.68. The fraction of sp³-hybridized carbons (Fsp3) is 0.240. The maximum Gasteiger partial charge on any atom is 0.285 e. The van der Waals surface area contributed by atoms with Crippen LogP contribution in [0.2, 0.25) is 0 Å². The van der Waals surface area contributed by atoms with Gasteiger partial charge < -0.3 is 15.0 Å². The van der Waals surface area contributed by atoms with E-state index in [2.05, 4.69) is 59.9 Å². The summed E-state index contributed by atoms with van der Waals surface area (Å²) in [5, 5.41) is 3.73. The lowest BCUT2D eigenvalue weighted by Gasteiger charge is -2.28. The third-order valence-corrected chi connectivity index (χ3v) is 6.21. The highest BCUT2D eigenvalue weighted by Gasteiger charge is 2.23. The molecule has 154 valence electrons. The lowest BCUT2D eigenvalue weighted by Crippen LogP contribution is -2.27. The minimum Gasteiger partial charge on any atom is -0.493 e. The molecule has 0 radical (unpaired) electrons. The summed E-state index contributed by atoms with van der Waals surface area (Å²) in [6.45, 7) is 1.44. The van der Waals surface area contributed by atoms with Crippen LogP contribution in [0.4, 0.5) is 4.79 Å². The van der Waals surface area contributed by atoms with E-state index in [9.17, 15) is 4.79 Å². The zero-order valence-corrected chi connectivity index (χ0v) is 18.1. The van der Waals surface area contributed by atoms with Crippen molar-refractivity contribution in [1.29, 1.82) is 0 Å². The van der Waals surface area contributed by atoms with Gasteiger partial charge in [0.15, 0.2) is 0 Å². The van der Waals surface area contributed by atoms with Crippen molar-refractivity contribution < 1.29 is 9.53 Å². The first kappa shape index (κ1) is 20.5. The molecular formula is C25H26N2O2S. The van der Waals surface area contributed by atoms with Gasteiger partial charge in [-0.25, -0.2) is 0 Å². The molecule has 5 heteroatoms. The van der Waals surface area contributed by atoms with Crippen molar-refractivity contribution in [3.05, 3.63) is 83.9 Å². The van der Waals surface area contributed by atoms with Crippen LogP contribution >= 0.6 is 11.8 Å². The van der Waals surface area contributed by atoms with Crippen LogP contribution in [-0.4, -0.2) is 30.8 Å². The van der Waals surface area contributed by atoms with Crippen LogP contribution in [0.1, 0.15) is 23.6 Å². The topological polar surface area (TPSA) is 41.6 Å². The zero-order valence-electron chi connectivity index (χ0n) is 17.3. The van der Waals surface area contributed by atoms with Gasteiger partial charge in [0.25, 0.3) is 5.24 Å². The molecule has 1 unspecified atom stereocenters. The summed E-state index contributed by atoms with van der Waals surface area (Å²) >= 11 is 1.25. The van der Waals surface area contributed by atoms with E-state index in [4.69, 9.17) is 4.74 Å². The number of carbonyl (C=O) groups is 1. The van der Waals surface area contributed by atoms with Gasteiger partial charge >= 0.3 is 0 Å². The van der Waals surface area contributed by atoms with E-state index in [0.717, 1.165) is 29.2 Å². The highest BCUT2D eigenvalue weighted by Crippen LogP contribution is 2.40. The predicted molar refractivity (Wildman–Crippen MR) is 123 cm³/mol. The Labute approximate surface area is 182 Å². The summed E-state index contributed by atoms with van der Waals surface area (Å²) in [7, 11) is 3.54. The molecule has 0 saturated heterocycles. The van der Waals surface area contributed by atoms with E-state index in [0.29, 0.717) is 6.61 Å². The quantitative estimate of drug-likeness (QED) is 0.537. The number of fused-ring (bicyclic) bond motifs is 1. The number of nitrogens with zero attached hydrogens (tertiary/aromatic N) is 1. The van der Waals surface area contributed by atoms with Crippen molar-refractivity contribution >= 4 is 17.0 Å². The van der Waals surface area contributed by atoms with Crippen LogP contribution in [0.15, 0.2) is 77.7 Å². The van der Waals surface area contributed by atoms with E-state index < -0.39 is 0 Å². The summed E-state index contributed by atoms with van der Waals surface area (Å²) in [4.78, 5) is 14.5. The molecule has 4 nitrogen and oxygen atoms in total. The van der Waals surface area contributed by atoms with Crippen LogP contribution in [0.3, 0.4) is 0 Å². The second-order valence-electron chi connectivity index (χ2n) is 7.57. The van der Waals surface area contributed by atoms with Gasteiger partial charge in [-0.1, -0.05) is 60.7 Å². The zero-order chi connectivity index (χ0) is 20.9. The van der Waals surface area contributed by atoms with E-state index in [1.807, 2.05) is 18.2 Å². The standard InChI is InChI=1S/C25H26N2O2S/c1-27(2)25(28)30-20-11-6-8-18(16-20)17-26-23-14-15-29-24-21(12-7-13-22(23)24)19-9-4-3-5-10-19/h3-13,16,23,26H,14-15,17H2,1-2H3. The Balaban J connectivity index is 1.50. The van der Waals surface area contributed by atoms with Crippen LogP contribution in [-0.2, 0) is 6.54 Å². The van der Waals surface area contributed by atoms with Gasteiger partial charge in [-0.3, -0.25) is 4.79 Å². The molecule has 1 aliphatic heterocycles. The number of nitrogens with one attached hydrogen (secondary N) is 1. The highest BCUT2D eigenvalue weighted by molar-refractivity contribution is 8.13. The molecule has 0 spiro atoms. The average Bonchev–Trinajstić information content (AvgIpc) is 2.78. The molecule has 1 aliphatic rings. The van der Waals surface area contributed by atoms with Crippen molar-refractivity contribution in [3.63, 3.8) is 0 Å². The molecule has 4 rings (SSSR count). The van der Waals surface area contributed by atoms with E-state index in [1.54, 1.807) is 19.0 Å². The largest absolute Gasteiger partial charge is 0.493 e. The molecule has 3 aromatic carbocycles. The molecule has 1 amide bonds. The van der Waals surface area contributed by atoms with Crippen molar-refractivity contribution in [2.45, 2.75) is 23.9 Å². The summed E-state index contributed by atoms with van der Waals surface area (Å²) in [6.07, 6.45) is 0.929. The van der Waals surface area contributed by atoms with E-state index >= 15 is 0 Å². The molecular weight excluding hydrogens is 392 g/mol. The minimum absolute atomic E-state index is 0.0342. The van der Waals surface area contributed by atoms with Gasteiger partial charge in [-0.15, -0.1) is 0 Å².